The van der Waals surface area contributed by atoms with Gasteiger partial charge in [0.2, 0.25) is 5.91 Å². The van der Waals surface area contributed by atoms with Crippen molar-refractivity contribution in [3.05, 3.63) is 34.6 Å². The molecule has 5 nitrogen and oxygen atoms in total. The van der Waals surface area contributed by atoms with Crippen LogP contribution >= 0.6 is 35.0 Å². The number of imidazole rings is 1. The molecule has 0 aliphatic heterocycles. The highest BCUT2D eigenvalue weighted by Crippen LogP contribution is 2.32. The van der Waals surface area contributed by atoms with Crippen LogP contribution in [0.4, 0.5) is 11.4 Å². The summed E-state index contributed by atoms with van der Waals surface area (Å²) >= 11 is 13.1. The van der Waals surface area contributed by atoms with Crippen molar-refractivity contribution in [2.45, 2.75) is 5.16 Å². The maximum atomic E-state index is 11.9. The van der Waals surface area contributed by atoms with Crippen molar-refractivity contribution in [1.82, 2.24) is 9.55 Å². The van der Waals surface area contributed by atoms with Crippen LogP contribution in [0.25, 0.3) is 0 Å². The minimum Gasteiger partial charge on any atom is -0.397 e. The predicted molar refractivity (Wildman–Crippen MR) is 83.4 cm³/mol. The number of aryl methyl sites for hydroxylation is 1. The molecule has 8 heteroatoms. The molecule has 3 N–H and O–H groups in total. The summed E-state index contributed by atoms with van der Waals surface area (Å²) in [5, 5.41) is 4.17. The molecule has 0 spiro atoms. The third-order valence-electron chi connectivity index (χ3n) is 2.46. The maximum Gasteiger partial charge on any atom is 0.234 e. The summed E-state index contributed by atoms with van der Waals surface area (Å²) in [4.78, 5) is 16.0. The first kappa shape index (κ1) is 15.0. The zero-order valence-electron chi connectivity index (χ0n) is 10.6. The number of halogens is 2. The zero-order valence-corrected chi connectivity index (χ0v) is 12.9. The number of thioether (sulfide) groups is 1. The lowest BCUT2D eigenvalue weighted by atomic mass is 10.2. The fourth-order valence-electron chi connectivity index (χ4n) is 1.52. The molecule has 106 valence electrons. The summed E-state index contributed by atoms with van der Waals surface area (Å²) < 4.78 is 1.83. The van der Waals surface area contributed by atoms with Crippen LogP contribution in [0.3, 0.4) is 0 Å². The van der Waals surface area contributed by atoms with Crippen LogP contribution in [0.1, 0.15) is 0 Å². The number of benzene rings is 1. The first-order valence-corrected chi connectivity index (χ1v) is 7.36. The minimum atomic E-state index is -0.214. The predicted octanol–water partition coefficient (Wildman–Crippen LogP) is 3.04. The number of nitrogens with two attached hydrogens (primary N) is 1. The molecule has 1 aromatic carbocycles. The number of amides is 1. The molecule has 0 bridgehead atoms. The largest absolute Gasteiger partial charge is 0.397 e. The Labute approximate surface area is 130 Å². The Morgan fingerprint density at radius 3 is 2.85 bits per heavy atom. The molecule has 2 aromatic rings. The molecule has 0 saturated carbocycles. The third kappa shape index (κ3) is 3.59. The summed E-state index contributed by atoms with van der Waals surface area (Å²) in [5.41, 5.74) is 6.49. The molecule has 0 atom stereocenters. The van der Waals surface area contributed by atoms with Gasteiger partial charge in [0.15, 0.2) is 5.16 Å². The summed E-state index contributed by atoms with van der Waals surface area (Å²) in [6, 6.07) is 3.07. The van der Waals surface area contributed by atoms with Crippen LogP contribution in [0.15, 0.2) is 29.7 Å². The summed E-state index contributed by atoms with van der Waals surface area (Å²) in [6.07, 6.45) is 3.49. The lowest BCUT2D eigenvalue weighted by molar-refractivity contribution is -0.113. The molecule has 1 amide bonds. The summed E-state index contributed by atoms with van der Waals surface area (Å²) in [6.45, 7) is 0. The minimum absolute atomic E-state index is 0.212. The first-order valence-electron chi connectivity index (χ1n) is 5.62. The fraction of sp³-hybridized carbons (Fsp3) is 0.167. The SMILES string of the molecule is Cn1ccnc1SCC(=O)Nc1c(N)cc(Cl)cc1Cl. The molecule has 0 radical (unpaired) electrons. The van der Waals surface area contributed by atoms with Crippen LogP contribution in [-0.2, 0) is 11.8 Å². The number of hydrogen-bond acceptors (Lipinski definition) is 4. The van der Waals surface area contributed by atoms with Crippen LogP contribution in [0, 0.1) is 0 Å². The Kier molecular flexibility index (Phi) is 4.80. The highest BCUT2D eigenvalue weighted by Gasteiger charge is 2.12. The normalized spacial score (nSPS) is 10.6. The van der Waals surface area contributed by atoms with Crippen molar-refractivity contribution in [2.75, 3.05) is 16.8 Å². The van der Waals surface area contributed by atoms with Crippen LogP contribution < -0.4 is 11.1 Å². The van der Waals surface area contributed by atoms with Gasteiger partial charge in [-0.25, -0.2) is 4.98 Å². The Balaban J connectivity index is 2.00. The van der Waals surface area contributed by atoms with Gasteiger partial charge < -0.3 is 15.6 Å². The number of anilines is 2. The van der Waals surface area contributed by atoms with E-state index in [2.05, 4.69) is 10.3 Å². The van der Waals surface area contributed by atoms with Crippen LogP contribution in [-0.4, -0.2) is 21.2 Å². The van der Waals surface area contributed by atoms with E-state index < -0.39 is 0 Å². The van der Waals surface area contributed by atoms with E-state index in [-0.39, 0.29) is 11.7 Å². The van der Waals surface area contributed by atoms with Gasteiger partial charge in [0.1, 0.15) is 0 Å². The molecule has 2 rings (SSSR count). The number of rotatable bonds is 4. The van der Waals surface area contributed by atoms with Gasteiger partial charge in [0.25, 0.3) is 0 Å². The van der Waals surface area contributed by atoms with Crippen molar-refractivity contribution in [2.24, 2.45) is 7.05 Å². The number of nitrogens with one attached hydrogen (secondary N) is 1. The fourth-order valence-corrected chi connectivity index (χ4v) is 2.81. The number of carbonyl (C=O) groups is 1. The van der Waals surface area contributed by atoms with Gasteiger partial charge >= 0.3 is 0 Å². The maximum absolute atomic E-state index is 11.9. The molecule has 0 aliphatic rings. The number of carbonyl (C=O) groups excluding carboxylic acids is 1. The average molecular weight is 331 g/mol. The van der Waals surface area contributed by atoms with Gasteiger partial charge in [0, 0.05) is 24.5 Å². The van der Waals surface area contributed by atoms with Gasteiger partial charge in [-0.15, -0.1) is 0 Å². The number of aromatic nitrogens is 2. The summed E-state index contributed by atoms with van der Waals surface area (Å²) in [5.74, 6) is -0.00240. The monoisotopic (exact) mass is 330 g/mol. The van der Waals surface area contributed by atoms with E-state index in [1.165, 1.54) is 23.9 Å². The number of nitrogen functional groups attached to an aromatic ring is 1. The Morgan fingerprint density at radius 2 is 2.25 bits per heavy atom. The van der Waals surface area contributed by atoms with Crippen molar-refractivity contribution >= 4 is 52.2 Å². The molecule has 0 fully saturated rings. The van der Waals surface area contributed by atoms with Gasteiger partial charge in [0.05, 0.1) is 22.2 Å². The van der Waals surface area contributed by atoms with Crippen molar-refractivity contribution in [1.29, 1.82) is 0 Å². The smallest absolute Gasteiger partial charge is 0.234 e. The number of hydrogen-bond donors (Lipinski definition) is 2. The van der Waals surface area contributed by atoms with Gasteiger partial charge in [-0.1, -0.05) is 35.0 Å². The third-order valence-corrected chi connectivity index (χ3v) is 4.03. The highest BCUT2D eigenvalue weighted by atomic mass is 35.5. The second kappa shape index (κ2) is 6.39. The zero-order chi connectivity index (χ0) is 14.7. The van der Waals surface area contributed by atoms with Gasteiger partial charge in [-0.3, -0.25) is 4.79 Å². The van der Waals surface area contributed by atoms with E-state index in [9.17, 15) is 4.79 Å². The first-order chi connectivity index (χ1) is 9.47. The Hall–Kier alpha value is -1.37. The molecule has 0 aliphatic carbocycles. The molecule has 1 aromatic heterocycles. The Bertz CT molecular complexity index is 621. The molecule has 0 unspecified atom stereocenters. The molecule has 1 heterocycles. The van der Waals surface area contributed by atoms with E-state index in [1.807, 2.05) is 17.8 Å². The standard InChI is InChI=1S/C12H12Cl2N4OS/c1-18-3-2-16-12(18)20-6-10(19)17-11-8(14)4-7(13)5-9(11)15/h2-5H,6,15H2,1H3,(H,17,19). The van der Waals surface area contributed by atoms with E-state index in [1.54, 1.807) is 6.20 Å². The average Bonchev–Trinajstić information content (AvgIpc) is 2.77. The molecule has 20 heavy (non-hydrogen) atoms. The second-order valence-electron chi connectivity index (χ2n) is 4.01. The van der Waals surface area contributed by atoms with Crippen LogP contribution in [0.5, 0.6) is 0 Å². The number of nitrogens with zero attached hydrogens (tertiary/aromatic N) is 2. The quantitative estimate of drug-likeness (QED) is 0.667. The second-order valence-corrected chi connectivity index (χ2v) is 5.80. The van der Waals surface area contributed by atoms with Crippen molar-refractivity contribution < 1.29 is 4.79 Å². The molecular formula is C12H12Cl2N4OS. The Morgan fingerprint density at radius 1 is 1.50 bits per heavy atom. The van der Waals surface area contributed by atoms with Crippen molar-refractivity contribution in [3.63, 3.8) is 0 Å². The van der Waals surface area contributed by atoms with Gasteiger partial charge in [-0.05, 0) is 12.1 Å². The van der Waals surface area contributed by atoms with Gasteiger partial charge in [-0.2, -0.15) is 0 Å². The van der Waals surface area contributed by atoms with E-state index in [0.717, 1.165) is 5.16 Å². The van der Waals surface area contributed by atoms with E-state index >= 15 is 0 Å². The van der Waals surface area contributed by atoms with E-state index in [4.69, 9.17) is 28.9 Å². The highest BCUT2D eigenvalue weighted by molar-refractivity contribution is 7.99. The molecular weight excluding hydrogens is 319 g/mol. The lowest BCUT2D eigenvalue weighted by Crippen LogP contribution is -2.16. The lowest BCUT2D eigenvalue weighted by Gasteiger charge is -2.10. The van der Waals surface area contributed by atoms with Crippen molar-refractivity contribution in [3.8, 4) is 0 Å². The van der Waals surface area contributed by atoms with E-state index in [0.29, 0.717) is 21.4 Å². The summed E-state index contributed by atoms with van der Waals surface area (Å²) in [7, 11) is 1.86. The van der Waals surface area contributed by atoms with Crippen LogP contribution in [0.2, 0.25) is 10.0 Å². The topological polar surface area (TPSA) is 72.9 Å². The molecule has 0 saturated heterocycles.